The van der Waals surface area contributed by atoms with Crippen LogP contribution < -0.4 is 15.4 Å². The number of hydrogen-bond acceptors (Lipinski definition) is 4. The van der Waals surface area contributed by atoms with Crippen LogP contribution in [0, 0.1) is 5.92 Å². The SMILES string of the molecule is CCNC(=NCc1ccc(OC)c(NC(C)=O)c1)N(C)CCC1CCOCC1.I. The molecule has 1 saturated heterocycles. The number of nitrogens with zero attached hydrogens (tertiary/aromatic N) is 2. The third kappa shape index (κ3) is 8.77. The molecule has 8 heteroatoms. The third-order valence-electron chi connectivity index (χ3n) is 4.90. The standard InChI is InChI=1S/C21H34N4O3.HI/c1-5-22-21(25(3)11-8-17-9-12-28-13-10-17)23-15-18-6-7-20(27-4)19(14-18)24-16(2)26;/h6-7,14,17H,5,8-13,15H2,1-4H3,(H,22,23)(H,24,26);1H. The first-order valence-electron chi connectivity index (χ1n) is 10.0. The van der Waals surface area contributed by atoms with Crippen LogP contribution in [-0.2, 0) is 16.1 Å². The van der Waals surface area contributed by atoms with Gasteiger partial charge < -0.3 is 25.0 Å². The van der Waals surface area contributed by atoms with Crippen molar-refractivity contribution in [1.82, 2.24) is 10.2 Å². The van der Waals surface area contributed by atoms with E-state index in [9.17, 15) is 4.79 Å². The van der Waals surface area contributed by atoms with Crippen molar-refractivity contribution < 1.29 is 14.3 Å². The second kappa shape index (κ2) is 13.6. The summed E-state index contributed by atoms with van der Waals surface area (Å²) < 4.78 is 10.8. The molecule has 0 bridgehead atoms. The van der Waals surface area contributed by atoms with Crippen molar-refractivity contribution in [2.75, 3.05) is 45.8 Å². The van der Waals surface area contributed by atoms with Gasteiger partial charge in [-0.05, 0) is 49.8 Å². The van der Waals surface area contributed by atoms with E-state index in [2.05, 4.69) is 29.5 Å². The first-order chi connectivity index (χ1) is 13.5. The second-order valence-corrected chi connectivity index (χ2v) is 7.15. The van der Waals surface area contributed by atoms with Gasteiger partial charge in [0.15, 0.2) is 5.96 Å². The Balaban J connectivity index is 0.00000420. The number of nitrogens with one attached hydrogen (secondary N) is 2. The van der Waals surface area contributed by atoms with Gasteiger partial charge in [-0.25, -0.2) is 4.99 Å². The summed E-state index contributed by atoms with van der Waals surface area (Å²) in [6, 6.07) is 5.74. The van der Waals surface area contributed by atoms with Crippen LogP contribution >= 0.6 is 24.0 Å². The fourth-order valence-electron chi connectivity index (χ4n) is 3.29. The van der Waals surface area contributed by atoms with E-state index in [0.717, 1.165) is 63.0 Å². The molecule has 0 unspecified atom stereocenters. The molecule has 1 amide bonds. The number of carbonyl (C=O) groups excluding carboxylic acids is 1. The van der Waals surface area contributed by atoms with Crippen LogP contribution in [0.25, 0.3) is 0 Å². The van der Waals surface area contributed by atoms with E-state index >= 15 is 0 Å². The molecule has 0 saturated carbocycles. The van der Waals surface area contributed by atoms with Crippen LogP contribution in [0.3, 0.4) is 0 Å². The van der Waals surface area contributed by atoms with E-state index in [1.807, 2.05) is 18.2 Å². The van der Waals surface area contributed by atoms with Crippen LogP contribution in [0.2, 0.25) is 0 Å². The lowest BCUT2D eigenvalue weighted by Crippen LogP contribution is -2.40. The van der Waals surface area contributed by atoms with Gasteiger partial charge in [0, 0.05) is 40.3 Å². The maximum atomic E-state index is 11.4. The summed E-state index contributed by atoms with van der Waals surface area (Å²) >= 11 is 0. The molecular weight excluding hydrogens is 483 g/mol. The zero-order valence-electron chi connectivity index (χ0n) is 18.0. The highest BCUT2D eigenvalue weighted by molar-refractivity contribution is 14.0. The number of rotatable bonds is 8. The van der Waals surface area contributed by atoms with Crippen molar-refractivity contribution in [3.05, 3.63) is 23.8 Å². The van der Waals surface area contributed by atoms with Crippen molar-refractivity contribution in [3.8, 4) is 5.75 Å². The molecule has 0 aromatic heterocycles. The smallest absolute Gasteiger partial charge is 0.221 e. The Morgan fingerprint density at radius 2 is 2.07 bits per heavy atom. The molecule has 0 radical (unpaired) electrons. The monoisotopic (exact) mass is 518 g/mol. The number of guanidine groups is 1. The number of ether oxygens (including phenoxy) is 2. The molecule has 1 aromatic carbocycles. The second-order valence-electron chi connectivity index (χ2n) is 7.15. The van der Waals surface area contributed by atoms with Crippen LogP contribution in [0.15, 0.2) is 23.2 Å². The summed E-state index contributed by atoms with van der Waals surface area (Å²) in [5.41, 5.74) is 1.68. The molecular formula is C21H35IN4O3. The molecule has 0 spiro atoms. The van der Waals surface area contributed by atoms with Gasteiger partial charge in [-0.1, -0.05) is 6.07 Å². The topological polar surface area (TPSA) is 75.2 Å². The average Bonchev–Trinajstić information content (AvgIpc) is 2.69. The summed E-state index contributed by atoms with van der Waals surface area (Å²) in [6.07, 6.45) is 3.46. The zero-order chi connectivity index (χ0) is 20.4. The molecule has 1 fully saturated rings. The van der Waals surface area contributed by atoms with Crippen LogP contribution in [-0.4, -0.2) is 57.2 Å². The van der Waals surface area contributed by atoms with Crippen LogP contribution in [0.5, 0.6) is 5.75 Å². The third-order valence-corrected chi connectivity index (χ3v) is 4.90. The molecule has 2 rings (SSSR count). The molecule has 1 aromatic rings. The van der Waals surface area contributed by atoms with Gasteiger partial charge in [-0.2, -0.15) is 0 Å². The van der Waals surface area contributed by atoms with Gasteiger partial charge in [0.1, 0.15) is 5.75 Å². The van der Waals surface area contributed by atoms with E-state index in [4.69, 9.17) is 14.5 Å². The predicted molar refractivity (Wildman–Crippen MR) is 128 cm³/mol. The summed E-state index contributed by atoms with van der Waals surface area (Å²) in [5.74, 6) is 2.15. The number of carbonyl (C=O) groups is 1. The van der Waals surface area contributed by atoms with E-state index in [0.29, 0.717) is 18.0 Å². The molecule has 1 heterocycles. The molecule has 0 atom stereocenters. The summed E-state index contributed by atoms with van der Waals surface area (Å²) in [5, 5.41) is 6.17. The van der Waals surface area contributed by atoms with Gasteiger partial charge in [0.05, 0.1) is 19.3 Å². The van der Waals surface area contributed by atoms with Crippen molar-refractivity contribution in [1.29, 1.82) is 0 Å². The zero-order valence-corrected chi connectivity index (χ0v) is 20.3. The van der Waals surface area contributed by atoms with Gasteiger partial charge in [-0.15, -0.1) is 24.0 Å². The van der Waals surface area contributed by atoms with Crippen LogP contribution in [0.4, 0.5) is 5.69 Å². The van der Waals surface area contributed by atoms with Gasteiger partial charge >= 0.3 is 0 Å². The van der Waals surface area contributed by atoms with E-state index in [1.165, 1.54) is 6.92 Å². The normalized spacial score (nSPS) is 14.7. The van der Waals surface area contributed by atoms with Crippen molar-refractivity contribution in [2.45, 2.75) is 39.7 Å². The Labute approximate surface area is 191 Å². The first kappa shape index (κ1) is 25.5. The van der Waals surface area contributed by atoms with Crippen molar-refractivity contribution in [2.24, 2.45) is 10.9 Å². The number of methoxy groups -OCH3 is 1. The lowest BCUT2D eigenvalue weighted by molar-refractivity contribution is -0.114. The Kier molecular flexibility index (Phi) is 12.0. The lowest BCUT2D eigenvalue weighted by Gasteiger charge is -2.27. The summed E-state index contributed by atoms with van der Waals surface area (Å²) in [6.45, 7) is 7.65. The molecule has 29 heavy (non-hydrogen) atoms. The molecule has 1 aliphatic rings. The quantitative estimate of drug-likeness (QED) is 0.313. The van der Waals surface area contributed by atoms with Gasteiger partial charge in [0.2, 0.25) is 5.91 Å². The number of amides is 1. The molecule has 164 valence electrons. The number of anilines is 1. The minimum absolute atomic E-state index is 0. The van der Waals surface area contributed by atoms with Gasteiger partial charge in [-0.3, -0.25) is 4.79 Å². The van der Waals surface area contributed by atoms with E-state index < -0.39 is 0 Å². The number of halogens is 1. The highest BCUT2D eigenvalue weighted by atomic mass is 127. The highest BCUT2D eigenvalue weighted by Gasteiger charge is 2.15. The first-order valence-corrected chi connectivity index (χ1v) is 10.0. The minimum Gasteiger partial charge on any atom is -0.495 e. The Hall–Kier alpha value is -1.55. The van der Waals surface area contributed by atoms with E-state index in [-0.39, 0.29) is 29.9 Å². The highest BCUT2D eigenvalue weighted by Crippen LogP contribution is 2.26. The van der Waals surface area contributed by atoms with E-state index in [1.54, 1.807) is 7.11 Å². The number of hydrogen-bond donors (Lipinski definition) is 2. The average molecular weight is 518 g/mol. The Bertz CT molecular complexity index is 663. The molecule has 2 N–H and O–H groups in total. The van der Waals surface area contributed by atoms with Crippen molar-refractivity contribution >= 4 is 41.5 Å². The van der Waals surface area contributed by atoms with Gasteiger partial charge in [0.25, 0.3) is 0 Å². The fourth-order valence-corrected chi connectivity index (χ4v) is 3.29. The fraction of sp³-hybridized carbons (Fsp3) is 0.619. The maximum absolute atomic E-state index is 11.4. The van der Waals surface area contributed by atoms with Crippen LogP contribution in [0.1, 0.15) is 38.7 Å². The Morgan fingerprint density at radius 3 is 2.69 bits per heavy atom. The summed E-state index contributed by atoms with van der Waals surface area (Å²) in [7, 11) is 3.67. The van der Waals surface area contributed by atoms with Crippen molar-refractivity contribution in [3.63, 3.8) is 0 Å². The maximum Gasteiger partial charge on any atom is 0.221 e. The predicted octanol–water partition coefficient (Wildman–Crippen LogP) is 3.49. The lowest BCUT2D eigenvalue weighted by atomic mass is 9.96. The minimum atomic E-state index is -0.125. The number of aliphatic imine (C=N–C) groups is 1. The Morgan fingerprint density at radius 1 is 1.34 bits per heavy atom. The molecule has 1 aliphatic heterocycles. The summed E-state index contributed by atoms with van der Waals surface area (Å²) in [4.78, 5) is 18.4. The molecule has 7 nitrogen and oxygen atoms in total. The molecule has 0 aliphatic carbocycles. The largest absolute Gasteiger partial charge is 0.495 e. The number of benzene rings is 1.